The van der Waals surface area contributed by atoms with E-state index in [9.17, 15) is 9.90 Å². The minimum Gasteiger partial charge on any atom is -0.447 e. The van der Waals surface area contributed by atoms with Gasteiger partial charge in [0.25, 0.3) is 0 Å². The van der Waals surface area contributed by atoms with E-state index >= 15 is 0 Å². The van der Waals surface area contributed by atoms with Crippen LogP contribution in [0.1, 0.15) is 18.5 Å². The van der Waals surface area contributed by atoms with Crippen LogP contribution in [0.25, 0.3) is 0 Å². The number of hydrogen-bond donors (Lipinski definition) is 1. The number of aliphatic hydroxyl groups excluding tert-OH is 1. The topological polar surface area (TPSA) is 49.8 Å². The van der Waals surface area contributed by atoms with Crippen LogP contribution >= 0.6 is 0 Å². The lowest BCUT2D eigenvalue weighted by Crippen LogP contribution is -2.22. The predicted octanol–water partition coefficient (Wildman–Crippen LogP) is 2.07. The molecule has 0 bridgehead atoms. The summed E-state index contributed by atoms with van der Waals surface area (Å²) in [7, 11) is 0. The second-order valence-corrected chi connectivity index (χ2v) is 3.99. The van der Waals surface area contributed by atoms with E-state index in [4.69, 9.17) is 4.74 Å². The summed E-state index contributed by atoms with van der Waals surface area (Å²) in [6.07, 6.45) is 2.18. The largest absolute Gasteiger partial charge is 0.447 e. The summed E-state index contributed by atoms with van der Waals surface area (Å²) in [6, 6.07) is 9.57. The summed E-state index contributed by atoms with van der Waals surface area (Å²) in [5, 5.41) is 9.19. The van der Waals surface area contributed by atoms with E-state index in [1.165, 1.54) is 4.90 Å². The number of carbonyl (C=O) groups excluding carboxylic acids is 1. The monoisotopic (exact) mass is 233 g/mol. The first-order valence-electron chi connectivity index (χ1n) is 5.55. The fraction of sp³-hybridized carbons (Fsp3) is 0.308. The van der Waals surface area contributed by atoms with Crippen LogP contribution in [0, 0.1) is 0 Å². The van der Waals surface area contributed by atoms with Gasteiger partial charge in [-0.15, -0.1) is 0 Å². The lowest BCUT2D eigenvalue weighted by Gasteiger charge is -2.17. The Morgan fingerprint density at radius 2 is 2.18 bits per heavy atom. The molecule has 1 fully saturated rings. The number of hydrogen-bond acceptors (Lipinski definition) is 3. The van der Waals surface area contributed by atoms with Crippen molar-refractivity contribution in [3.8, 4) is 0 Å². The molecule has 1 heterocycles. The Kier molecular flexibility index (Phi) is 3.44. The Labute approximate surface area is 100 Å². The molecule has 0 aliphatic carbocycles. The predicted molar refractivity (Wildman–Crippen MR) is 63.2 cm³/mol. The molecule has 4 nitrogen and oxygen atoms in total. The Balaban J connectivity index is 2.20. The first-order chi connectivity index (χ1) is 8.18. The van der Waals surface area contributed by atoms with Crippen molar-refractivity contribution in [3.05, 3.63) is 48.2 Å². The van der Waals surface area contributed by atoms with Gasteiger partial charge < -0.3 is 9.84 Å². The summed E-state index contributed by atoms with van der Waals surface area (Å²) in [5.74, 6) is 0. The van der Waals surface area contributed by atoms with Crippen LogP contribution in [-0.4, -0.2) is 28.8 Å². The molecule has 1 aliphatic rings. The van der Waals surface area contributed by atoms with Crippen molar-refractivity contribution in [1.29, 1.82) is 0 Å². The van der Waals surface area contributed by atoms with Crippen LogP contribution < -0.4 is 0 Å². The smallest absolute Gasteiger partial charge is 0.414 e. The number of nitrogens with zero attached hydrogens (tertiary/aromatic N) is 1. The van der Waals surface area contributed by atoms with E-state index in [0.717, 1.165) is 5.56 Å². The van der Waals surface area contributed by atoms with Crippen molar-refractivity contribution in [2.45, 2.75) is 19.1 Å². The van der Waals surface area contributed by atoms with Gasteiger partial charge in [0, 0.05) is 6.20 Å². The molecular weight excluding hydrogens is 218 g/mol. The number of carbonyl (C=O) groups is 1. The van der Waals surface area contributed by atoms with Gasteiger partial charge in [0.15, 0.2) is 0 Å². The Morgan fingerprint density at radius 1 is 1.47 bits per heavy atom. The van der Waals surface area contributed by atoms with E-state index in [2.05, 4.69) is 0 Å². The van der Waals surface area contributed by atoms with Crippen LogP contribution in [0.5, 0.6) is 0 Å². The molecule has 0 saturated carbocycles. The highest BCUT2D eigenvalue weighted by Crippen LogP contribution is 2.27. The van der Waals surface area contributed by atoms with Crippen molar-refractivity contribution >= 4 is 6.09 Å². The van der Waals surface area contributed by atoms with E-state index < -0.39 is 6.10 Å². The summed E-state index contributed by atoms with van der Waals surface area (Å²) in [5.41, 5.74) is 1.02. The maximum atomic E-state index is 11.5. The summed E-state index contributed by atoms with van der Waals surface area (Å²) < 4.78 is 5.02. The number of amides is 1. The van der Waals surface area contributed by atoms with Crippen molar-refractivity contribution in [2.24, 2.45) is 0 Å². The number of rotatable bonds is 3. The minimum atomic E-state index is -0.583. The van der Waals surface area contributed by atoms with Crippen molar-refractivity contribution < 1.29 is 14.6 Å². The van der Waals surface area contributed by atoms with Crippen LogP contribution in [-0.2, 0) is 4.74 Å². The molecule has 1 aromatic carbocycles. The van der Waals surface area contributed by atoms with E-state index in [1.54, 1.807) is 19.2 Å². The molecule has 0 aromatic heterocycles. The normalized spacial score (nSPS) is 21.9. The highest BCUT2D eigenvalue weighted by Gasteiger charge is 2.32. The first kappa shape index (κ1) is 11.7. The Hall–Kier alpha value is -1.81. The molecule has 4 heteroatoms. The zero-order valence-corrected chi connectivity index (χ0v) is 9.61. The van der Waals surface area contributed by atoms with E-state index in [-0.39, 0.29) is 12.1 Å². The van der Waals surface area contributed by atoms with Gasteiger partial charge in [0.2, 0.25) is 0 Å². The van der Waals surface area contributed by atoms with Crippen LogP contribution in [0.2, 0.25) is 0 Å². The molecule has 17 heavy (non-hydrogen) atoms. The highest BCUT2D eigenvalue weighted by atomic mass is 16.6. The van der Waals surface area contributed by atoms with Crippen molar-refractivity contribution in [2.75, 3.05) is 6.61 Å². The zero-order valence-electron chi connectivity index (χ0n) is 9.61. The standard InChI is InChI=1S/C13H15NO3/c1-10(15)7-8-14-12(9-17-13(14)16)11-5-3-2-4-6-11/h2-8,10,12,15H,9H2,1H3/b8-7+/t10?,12-/m0/s1. The maximum absolute atomic E-state index is 11.5. The molecule has 1 N–H and O–H groups in total. The molecule has 1 aliphatic heterocycles. The SMILES string of the molecule is CC(O)/C=C/N1C(=O)OC[C@H]1c1ccccc1. The number of benzene rings is 1. The third kappa shape index (κ3) is 2.65. The van der Waals surface area contributed by atoms with Gasteiger partial charge in [-0.25, -0.2) is 4.79 Å². The van der Waals surface area contributed by atoms with Gasteiger partial charge in [-0.3, -0.25) is 4.90 Å². The number of cyclic esters (lactones) is 1. The molecule has 1 aromatic rings. The van der Waals surface area contributed by atoms with Crippen LogP contribution in [0.15, 0.2) is 42.6 Å². The maximum Gasteiger partial charge on any atom is 0.414 e. The lowest BCUT2D eigenvalue weighted by atomic mass is 10.1. The van der Waals surface area contributed by atoms with Gasteiger partial charge in [-0.2, -0.15) is 0 Å². The van der Waals surface area contributed by atoms with Gasteiger partial charge in [0.1, 0.15) is 6.61 Å². The molecule has 1 amide bonds. The Bertz CT molecular complexity index is 414. The molecule has 2 atom stereocenters. The van der Waals surface area contributed by atoms with Crippen LogP contribution in [0.4, 0.5) is 4.79 Å². The Morgan fingerprint density at radius 3 is 2.82 bits per heavy atom. The molecule has 0 radical (unpaired) electrons. The molecule has 0 spiro atoms. The third-order valence-corrected chi connectivity index (χ3v) is 2.62. The fourth-order valence-electron chi connectivity index (χ4n) is 1.75. The first-order valence-corrected chi connectivity index (χ1v) is 5.55. The summed E-state index contributed by atoms with van der Waals surface area (Å²) >= 11 is 0. The van der Waals surface area contributed by atoms with Gasteiger partial charge in [-0.1, -0.05) is 30.3 Å². The second kappa shape index (κ2) is 5.01. The zero-order chi connectivity index (χ0) is 12.3. The second-order valence-electron chi connectivity index (χ2n) is 3.99. The highest BCUT2D eigenvalue weighted by molar-refractivity contribution is 5.71. The minimum absolute atomic E-state index is 0.112. The third-order valence-electron chi connectivity index (χ3n) is 2.62. The summed E-state index contributed by atoms with van der Waals surface area (Å²) in [6.45, 7) is 1.97. The lowest BCUT2D eigenvalue weighted by molar-refractivity contribution is 0.166. The molecule has 2 rings (SSSR count). The van der Waals surface area contributed by atoms with Crippen molar-refractivity contribution in [1.82, 2.24) is 4.90 Å². The van der Waals surface area contributed by atoms with E-state index in [0.29, 0.717) is 6.61 Å². The molecule has 1 unspecified atom stereocenters. The fourth-order valence-corrected chi connectivity index (χ4v) is 1.75. The van der Waals surface area contributed by atoms with Gasteiger partial charge in [-0.05, 0) is 18.6 Å². The van der Waals surface area contributed by atoms with Crippen LogP contribution in [0.3, 0.4) is 0 Å². The van der Waals surface area contributed by atoms with Gasteiger partial charge in [0.05, 0.1) is 12.1 Å². The number of aliphatic hydroxyl groups is 1. The van der Waals surface area contributed by atoms with Gasteiger partial charge >= 0.3 is 6.09 Å². The quantitative estimate of drug-likeness (QED) is 0.869. The molecule has 1 saturated heterocycles. The summed E-state index contributed by atoms with van der Waals surface area (Å²) in [4.78, 5) is 13.0. The van der Waals surface area contributed by atoms with E-state index in [1.807, 2.05) is 30.3 Å². The molecular formula is C13H15NO3. The van der Waals surface area contributed by atoms with Crippen molar-refractivity contribution in [3.63, 3.8) is 0 Å². The average Bonchev–Trinajstić information content (AvgIpc) is 2.69. The average molecular weight is 233 g/mol. The molecule has 90 valence electrons. The number of ether oxygens (including phenoxy) is 1.